The summed E-state index contributed by atoms with van der Waals surface area (Å²) in [6, 6.07) is 3.44. The molecule has 2 amide bonds. The molecule has 0 atom stereocenters. The minimum absolute atomic E-state index is 0.0245. The predicted octanol–water partition coefficient (Wildman–Crippen LogP) is 2.84. The molecule has 3 N–H and O–H groups in total. The van der Waals surface area contributed by atoms with Crippen molar-refractivity contribution in [2.75, 3.05) is 10.6 Å². The minimum atomic E-state index is -1.11. The first-order valence-electron chi connectivity index (χ1n) is 5.37. The average Bonchev–Trinajstić information content (AvgIpc) is 2.77. The maximum atomic E-state index is 11.7. The molecule has 2 aromatic rings. The molecule has 0 spiro atoms. The molecule has 104 valence electrons. The normalized spacial score (nSPS) is 10.1. The summed E-state index contributed by atoms with van der Waals surface area (Å²) < 4.78 is 3.92. The lowest BCUT2D eigenvalue weighted by Crippen LogP contribution is -2.19. The average molecular weight is 313 g/mol. The van der Waals surface area contributed by atoms with Crippen molar-refractivity contribution in [2.45, 2.75) is 6.92 Å². The predicted molar refractivity (Wildman–Crippen MR) is 75.7 cm³/mol. The second-order valence-corrected chi connectivity index (χ2v) is 4.88. The molecule has 0 aliphatic heterocycles. The highest BCUT2D eigenvalue weighted by Gasteiger charge is 2.11. The number of benzene rings is 1. The molecule has 0 saturated carbocycles. The number of hydrogen-bond acceptors (Lipinski definition) is 5. The molecule has 0 unspecified atom stereocenters. The fraction of sp³-hybridized carbons (Fsp3) is 0.0909. The second-order valence-electron chi connectivity index (χ2n) is 3.73. The van der Waals surface area contributed by atoms with Crippen LogP contribution in [0.1, 0.15) is 16.2 Å². The molecule has 1 aromatic heterocycles. The third-order valence-corrected chi connectivity index (χ3v) is 3.26. The van der Waals surface area contributed by atoms with Crippen molar-refractivity contribution in [1.29, 1.82) is 0 Å². The van der Waals surface area contributed by atoms with Gasteiger partial charge in [-0.1, -0.05) is 11.6 Å². The summed E-state index contributed by atoms with van der Waals surface area (Å²) in [6.45, 7) is 1.70. The number of aromatic nitrogens is 2. The SMILES string of the molecule is Cc1nsc(NC(=O)Nc2cc(C(=O)O)ccc2Cl)n1. The lowest BCUT2D eigenvalue weighted by atomic mass is 10.2. The molecule has 1 aromatic carbocycles. The summed E-state index contributed by atoms with van der Waals surface area (Å²) in [6.07, 6.45) is 0. The number of rotatable bonds is 3. The van der Waals surface area contributed by atoms with Crippen LogP contribution in [0.5, 0.6) is 0 Å². The lowest BCUT2D eigenvalue weighted by molar-refractivity contribution is 0.0697. The molecule has 1 heterocycles. The summed E-state index contributed by atoms with van der Waals surface area (Å²) in [4.78, 5) is 26.6. The summed E-state index contributed by atoms with van der Waals surface area (Å²) in [5, 5.41) is 14.4. The number of carbonyl (C=O) groups is 2. The Bertz CT molecular complexity index is 673. The van der Waals surface area contributed by atoms with Gasteiger partial charge in [-0.15, -0.1) is 0 Å². The van der Waals surface area contributed by atoms with Crippen molar-refractivity contribution in [3.63, 3.8) is 0 Å². The van der Waals surface area contributed by atoms with E-state index in [0.717, 1.165) is 11.5 Å². The molecular weight excluding hydrogens is 304 g/mol. The van der Waals surface area contributed by atoms with Crippen molar-refractivity contribution in [1.82, 2.24) is 9.36 Å². The number of carboxylic acids is 1. The Morgan fingerprint density at radius 1 is 1.35 bits per heavy atom. The van der Waals surface area contributed by atoms with E-state index in [-0.39, 0.29) is 16.3 Å². The van der Waals surface area contributed by atoms with E-state index in [1.54, 1.807) is 6.92 Å². The molecule has 0 aliphatic carbocycles. The van der Waals surface area contributed by atoms with Gasteiger partial charge in [-0.2, -0.15) is 4.37 Å². The maximum Gasteiger partial charge on any atom is 0.335 e. The smallest absolute Gasteiger partial charge is 0.335 e. The summed E-state index contributed by atoms with van der Waals surface area (Å²) in [7, 11) is 0. The second kappa shape index (κ2) is 5.85. The summed E-state index contributed by atoms with van der Waals surface area (Å²) in [5.74, 6) is -0.555. The zero-order valence-corrected chi connectivity index (χ0v) is 11.7. The van der Waals surface area contributed by atoms with E-state index in [9.17, 15) is 9.59 Å². The molecule has 0 saturated heterocycles. The van der Waals surface area contributed by atoms with Gasteiger partial charge in [0, 0.05) is 11.5 Å². The minimum Gasteiger partial charge on any atom is -0.478 e. The van der Waals surface area contributed by atoms with E-state index in [1.165, 1.54) is 18.2 Å². The first-order valence-corrected chi connectivity index (χ1v) is 6.52. The van der Waals surface area contributed by atoms with Crippen LogP contribution in [0.3, 0.4) is 0 Å². The zero-order valence-electron chi connectivity index (χ0n) is 10.2. The van der Waals surface area contributed by atoms with Crippen molar-refractivity contribution >= 4 is 46.0 Å². The molecular formula is C11H9ClN4O3S. The van der Waals surface area contributed by atoms with Gasteiger partial charge in [0.05, 0.1) is 16.3 Å². The first-order chi connectivity index (χ1) is 9.45. The van der Waals surface area contributed by atoms with E-state index in [2.05, 4.69) is 20.0 Å². The van der Waals surface area contributed by atoms with Gasteiger partial charge in [-0.05, 0) is 25.1 Å². The first kappa shape index (κ1) is 14.2. The highest BCUT2D eigenvalue weighted by molar-refractivity contribution is 7.09. The lowest BCUT2D eigenvalue weighted by Gasteiger charge is -2.08. The van der Waals surface area contributed by atoms with Crippen LogP contribution < -0.4 is 10.6 Å². The topological polar surface area (TPSA) is 104 Å². The van der Waals surface area contributed by atoms with Crippen LogP contribution in [0, 0.1) is 6.92 Å². The van der Waals surface area contributed by atoms with E-state index >= 15 is 0 Å². The quantitative estimate of drug-likeness (QED) is 0.808. The molecule has 0 fully saturated rings. The standard InChI is InChI=1S/C11H9ClN4O3S/c1-5-13-11(20-16-5)15-10(19)14-8-4-6(9(17)18)2-3-7(8)12/h2-4H,1H3,(H,17,18)(H2,13,14,15,16,19). The highest BCUT2D eigenvalue weighted by Crippen LogP contribution is 2.23. The van der Waals surface area contributed by atoms with Crippen molar-refractivity contribution < 1.29 is 14.7 Å². The third-order valence-electron chi connectivity index (χ3n) is 2.21. The molecule has 2 rings (SSSR count). The van der Waals surface area contributed by atoms with Crippen LogP contribution in [0.4, 0.5) is 15.6 Å². The van der Waals surface area contributed by atoms with E-state index < -0.39 is 12.0 Å². The van der Waals surface area contributed by atoms with Gasteiger partial charge >= 0.3 is 12.0 Å². The van der Waals surface area contributed by atoms with E-state index in [0.29, 0.717) is 11.0 Å². The number of aryl methyl sites for hydroxylation is 1. The number of carbonyl (C=O) groups excluding carboxylic acids is 1. The summed E-state index contributed by atoms with van der Waals surface area (Å²) >= 11 is 6.93. The number of anilines is 2. The Hall–Kier alpha value is -2.19. The van der Waals surface area contributed by atoms with Gasteiger partial charge in [-0.3, -0.25) is 5.32 Å². The van der Waals surface area contributed by atoms with Gasteiger partial charge in [-0.25, -0.2) is 14.6 Å². The number of carboxylic acid groups (broad SMARTS) is 1. The maximum absolute atomic E-state index is 11.7. The Morgan fingerprint density at radius 2 is 2.10 bits per heavy atom. The number of nitrogens with zero attached hydrogens (tertiary/aromatic N) is 2. The molecule has 9 heteroatoms. The van der Waals surface area contributed by atoms with E-state index in [4.69, 9.17) is 16.7 Å². The van der Waals surface area contributed by atoms with Crippen molar-refractivity contribution in [3.8, 4) is 0 Å². The fourth-order valence-corrected chi connectivity index (χ4v) is 2.09. The van der Waals surface area contributed by atoms with Crippen molar-refractivity contribution in [2.24, 2.45) is 0 Å². The number of amides is 2. The Balaban J connectivity index is 2.11. The summed E-state index contributed by atoms with van der Waals surface area (Å²) in [5.41, 5.74) is 0.224. The fourth-order valence-electron chi connectivity index (χ4n) is 1.35. The Labute approximate surface area is 122 Å². The van der Waals surface area contributed by atoms with Gasteiger partial charge in [0.25, 0.3) is 0 Å². The number of aromatic carboxylic acids is 1. The molecule has 0 aliphatic rings. The Morgan fingerprint density at radius 3 is 2.70 bits per heavy atom. The number of nitrogens with one attached hydrogen (secondary N) is 2. The molecule has 20 heavy (non-hydrogen) atoms. The van der Waals surface area contributed by atoms with Crippen LogP contribution in [0.25, 0.3) is 0 Å². The van der Waals surface area contributed by atoms with E-state index in [1.807, 2.05) is 0 Å². The monoisotopic (exact) mass is 312 g/mol. The molecule has 7 nitrogen and oxygen atoms in total. The highest BCUT2D eigenvalue weighted by atomic mass is 35.5. The molecule has 0 bridgehead atoms. The number of urea groups is 1. The van der Waals surface area contributed by atoms with Gasteiger partial charge in [0.1, 0.15) is 5.82 Å². The Kier molecular flexibility index (Phi) is 4.16. The van der Waals surface area contributed by atoms with Gasteiger partial charge in [0.2, 0.25) is 5.13 Å². The van der Waals surface area contributed by atoms with Crippen LogP contribution in [-0.4, -0.2) is 26.5 Å². The number of hydrogen-bond donors (Lipinski definition) is 3. The van der Waals surface area contributed by atoms with Gasteiger partial charge in [0.15, 0.2) is 0 Å². The molecule has 0 radical (unpaired) electrons. The largest absolute Gasteiger partial charge is 0.478 e. The zero-order chi connectivity index (χ0) is 14.7. The van der Waals surface area contributed by atoms with Crippen LogP contribution in [0.2, 0.25) is 5.02 Å². The third kappa shape index (κ3) is 3.43. The van der Waals surface area contributed by atoms with Crippen LogP contribution in [-0.2, 0) is 0 Å². The van der Waals surface area contributed by atoms with Crippen molar-refractivity contribution in [3.05, 3.63) is 34.6 Å². The number of halogens is 1. The van der Waals surface area contributed by atoms with Crippen LogP contribution >= 0.6 is 23.1 Å². The van der Waals surface area contributed by atoms with Crippen LogP contribution in [0.15, 0.2) is 18.2 Å². The van der Waals surface area contributed by atoms with Gasteiger partial charge < -0.3 is 10.4 Å².